The molecule has 4 nitrogen and oxygen atoms in total. The Morgan fingerprint density at radius 3 is 2.40 bits per heavy atom. The first-order valence-corrected chi connectivity index (χ1v) is 6.25. The van der Waals surface area contributed by atoms with E-state index in [4.69, 9.17) is 4.74 Å². The first-order chi connectivity index (χ1) is 9.36. The van der Waals surface area contributed by atoms with Crippen LogP contribution in [-0.4, -0.2) is 32.6 Å². The highest BCUT2D eigenvalue weighted by atomic mass is 19.4. The van der Waals surface area contributed by atoms with Crippen LogP contribution in [0.15, 0.2) is 23.4 Å². The van der Waals surface area contributed by atoms with E-state index in [2.05, 4.69) is 10.1 Å². The minimum absolute atomic E-state index is 0.0743. The number of rotatable bonds is 8. The van der Waals surface area contributed by atoms with Crippen molar-refractivity contribution in [2.45, 2.75) is 32.9 Å². The molecule has 0 aliphatic heterocycles. The average Bonchev–Trinajstić information content (AvgIpc) is 2.36. The second kappa shape index (κ2) is 9.41. The van der Waals surface area contributed by atoms with Gasteiger partial charge in [-0.15, -0.1) is 0 Å². The van der Waals surface area contributed by atoms with Gasteiger partial charge in [0.25, 0.3) is 0 Å². The van der Waals surface area contributed by atoms with E-state index in [1.807, 2.05) is 0 Å². The van der Waals surface area contributed by atoms with Crippen LogP contribution in [0.3, 0.4) is 0 Å². The van der Waals surface area contributed by atoms with Crippen molar-refractivity contribution in [1.29, 1.82) is 0 Å². The summed E-state index contributed by atoms with van der Waals surface area (Å²) in [5.74, 6) is -0.851. The van der Waals surface area contributed by atoms with Crippen molar-refractivity contribution in [3.63, 3.8) is 0 Å². The number of methoxy groups -OCH3 is 1. The van der Waals surface area contributed by atoms with Gasteiger partial charge in [-0.1, -0.05) is 19.4 Å². The maximum atomic E-state index is 12.9. The van der Waals surface area contributed by atoms with Gasteiger partial charge in [0.15, 0.2) is 0 Å². The van der Waals surface area contributed by atoms with Gasteiger partial charge >= 0.3 is 12.1 Å². The minimum atomic E-state index is -4.53. The molecular weight excluding hydrogens is 275 g/mol. The zero-order valence-corrected chi connectivity index (χ0v) is 11.8. The van der Waals surface area contributed by atoms with E-state index >= 15 is 0 Å². The van der Waals surface area contributed by atoms with Crippen LogP contribution in [-0.2, 0) is 14.3 Å². The van der Waals surface area contributed by atoms with Crippen molar-refractivity contribution in [2.75, 3.05) is 20.4 Å². The summed E-state index contributed by atoms with van der Waals surface area (Å²) in [6.07, 6.45) is -1.89. The van der Waals surface area contributed by atoms with E-state index in [9.17, 15) is 18.0 Å². The van der Waals surface area contributed by atoms with Gasteiger partial charge in [0.1, 0.15) is 12.4 Å². The molecule has 0 atom stereocenters. The van der Waals surface area contributed by atoms with Crippen LogP contribution in [0.25, 0.3) is 0 Å². The Kier molecular flexibility index (Phi) is 8.71. The second-order valence-corrected chi connectivity index (χ2v) is 3.83. The highest BCUT2D eigenvalue weighted by Gasteiger charge is 2.32. The summed E-state index contributed by atoms with van der Waals surface area (Å²) in [7, 11) is 1.35. The Morgan fingerprint density at radius 2 is 1.95 bits per heavy atom. The molecule has 0 aliphatic carbocycles. The number of alkyl halides is 3. The summed E-state index contributed by atoms with van der Waals surface area (Å²) in [5.41, 5.74) is -1.17. The molecule has 7 heteroatoms. The van der Waals surface area contributed by atoms with Gasteiger partial charge in [-0.2, -0.15) is 13.2 Å². The quantitative estimate of drug-likeness (QED) is 0.324. The molecule has 0 rings (SSSR count). The van der Waals surface area contributed by atoms with Crippen molar-refractivity contribution in [1.82, 2.24) is 5.32 Å². The van der Waals surface area contributed by atoms with Crippen LogP contribution < -0.4 is 5.32 Å². The monoisotopic (exact) mass is 295 g/mol. The smallest absolute Gasteiger partial charge is 0.416 e. The van der Waals surface area contributed by atoms with Crippen LogP contribution in [0.2, 0.25) is 0 Å². The molecule has 0 saturated heterocycles. The lowest BCUT2D eigenvalue weighted by molar-refractivity contribution is -0.139. The maximum absolute atomic E-state index is 12.9. The Bertz CT molecular complexity index is 362. The molecule has 0 amide bonds. The Balaban J connectivity index is 5.29. The van der Waals surface area contributed by atoms with Gasteiger partial charge in [-0.05, 0) is 19.4 Å². The van der Waals surface area contributed by atoms with Crippen molar-refractivity contribution in [2.24, 2.45) is 0 Å². The van der Waals surface area contributed by atoms with Gasteiger partial charge in [0, 0.05) is 7.11 Å². The third kappa shape index (κ3) is 7.18. The van der Waals surface area contributed by atoms with Gasteiger partial charge in [0.2, 0.25) is 0 Å². The summed E-state index contributed by atoms with van der Waals surface area (Å²) in [6, 6.07) is 0. The minimum Gasteiger partial charge on any atom is -0.461 e. The lowest BCUT2D eigenvalue weighted by Gasteiger charge is -2.12. The normalized spacial score (nSPS) is 13.3. The van der Waals surface area contributed by atoms with Crippen molar-refractivity contribution >= 4 is 5.97 Å². The molecular formula is C13H20F3NO3. The molecule has 0 aromatic rings. The molecule has 1 N–H and O–H groups in total. The third-order valence-electron chi connectivity index (χ3n) is 2.18. The molecule has 0 unspecified atom stereocenters. The van der Waals surface area contributed by atoms with Gasteiger partial charge in [-0.3, -0.25) is 0 Å². The molecule has 0 bridgehead atoms. The van der Waals surface area contributed by atoms with Gasteiger partial charge in [-0.25, -0.2) is 4.79 Å². The average molecular weight is 295 g/mol. The van der Waals surface area contributed by atoms with Crippen molar-refractivity contribution < 1.29 is 27.4 Å². The van der Waals surface area contributed by atoms with Crippen molar-refractivity contribution in [3.8, 4) is 0 Å². The number of carbonyl (C=O) groups excluding carboxylic acids is 1. The van der Waals surface area contributed by atoms with Crippen molar-refractivity contribution in [3.05, 3.63) is 23.4 Å². The number of nitrogens with one attached hydrogen (secondary N) is 1. The van der Waals surface area contributed by atoms with Crippen LogP contribution in [0, 0.1) is 0 Å². The molecule has 116 valence electrons. The maximum Gasteiger partial charge on any atom is 0.416 e. The number of ether oxygens (including phenoxy) is 2. The summed E-state index contributed by atoms with van der Waals surface area (Å²) in [4.78, 5) is 11.6. The molecule has 0 saturated carbocycles. The number of hydrogen-bond donors (Lipinski definition) is 1. The fraction of sp³-hybridized carbons (Fsp3) is 0.615. The van der Waals surface area contributed by atoms with E-state index in [0.717, 1.165) is 12.2 Å². The third-order valence-corrected chi connectivity index (χ3v) is 2.18. The number of halogens is 3. The Morgan fingerprint density at radius 1 is 1.30 bits per heavy atom. The molecule has 0 fully saturated rings. The molecule has 0 heterocycles. The van der Waals surface area contributed by atoms with E-state index in [0.29, 0.717) is 6.42 Å². The van der Waals surface area contributed by atoms with E-state index < -0.39 is 17.7 Å². The zero-order chi connectivity index (χ0) is 15.6. The molecule has 0 radical (unpaired) electrons. The standard InChI is InChI=1S/C13H20F3NO3/c1-4-6-7-10(13(14,15)16)8-11(17-9-19-3)12(18)20-5-2/h7-8,17H,4-6,9H2,1-3H3/b10-7+,11-8-. The highest BCUT2D eigenvalue weighted by Crippen LogP contribution is 2.28. The van der Waals surface area contributed by atoms with E-state index in [1.165, 1.54) is 7.11 Å². The number of esters is 1. The lowest BCUT2D eigenvalue weighted by Crippen LogP contribution is -2.25. The summed E-state index contributed by atoms with van der Waals surface area (Å²) < 4.78 is 47.9. The van der Waals surface area contributed by atoms with Gasteiger partial charge < -0.3 is 14.8 Å². The van der Waals surface area contributed by atoms with E-state index in [1.54, 1.807) is 13.8 Å². The Labute approximate surface area is 116 Å². The second-order valence-electron chi connectivity index (χ2n) is 3.83. The zero-order valence-electron chi connectivity index (χ0n) is 11.8. The molecule has 0 spiro atoms. The summed E-state index contributed by atoms with van der Waals surface area (Å²) in [6.45, 7) is 3.32. The molecule has 0 aliphatic rings. The predicted octanol–water partition coefficient (Wildman–Crippen LogP) is 2.92. The molecule has 20 heavy (non-hydrogen) atoms. The molecule has 0 aromatic carbocycles. The van der Waals surface area contributed by atoms with Gasteiger partial charge in [0.05, 0.1) is 12.2 Å². The van der Waals surface area contributed by atoms with Crippen LogP contribution >= 0.6 is 0 Å². The largest absolute Gasteiger partial charge is 0.461 e. The topological polar surface area (TPSA) is 47.6 Å². The SMILES string of the molecule is CCC/C=C(\C=C(/NCOC)C(=O)OCC)C(F)(F)F. The number of carbonyl (C=O) groups is 1. The number of allylic oxidation sites excluding steroid dienone is 3. The summed E-state index contributed by atoms with van der Waals surface area (Å²) in [5, 5.41) is 2.46. The first-order valence-electron chi connectivity index (χ1n) is 6.25. The first kappa shape index (κ1) is 18.5. The summed E-state index contributed by atoms with van der Waals surface area (Å²) >= 11 is 0. The lowest BCUT2D eigenvalue weighted by atomic mass is 10.1. The predicted molar refractivity (Wildman–Crippen MR) is 68.8 cm³/mol. The van der Waals surface area contributed by atoms with Crippen LogP contribution in [0.5, 0.6) is 0 Å². The van der Waals surface area contributed by atoms with E-state index in [-0.39, 0.29) is 25.5 Å². The fourth-order valence-electron chi connectivity index (χ4n) is 1.25. The molecule has 0 aromatic heterocycles. The fourth-order valence-corrected chi connectivity index (χ4v) is 1.25. The van der Waals surface area contributed by atoms with Crippen LogP contribution in [0.1, 0.15) is 26.7 Å². The number of unbranched alkanes of at least 4 members (excludes halogenated alkanes) is 1. The van der Waals surface area contributed by atoms with Crippen LogP contribution in [0.4, 0.5) is 13.2 Å². The number of hydrogen-bond acceptors (Lipinski definition) is 4. The highest BCUT2D eigenvalue weighted by molar-refractivity contribution is 5.88. The Hall–Kier alpha value is -1.50.